The van der Waals surface area contributed by atoms with Crippen LogP contribution in [0.15, 0.2) is 18.3 Å². The van der Waals surface area contributed by atoms with Crippen molar-refractivity contribution in [2.45, 2.75) is 20.3 Å². The highest BCUT2D eigenvalue weighted by Gasteiger charge is 2.14. The third-order valence-electron chi connectivity index (χ3n) is 2.95. The molecule has 1 rings (SSSR count). The first kappa shape index (κ1) is 17.4. The molecule has 0 aliphatic carbocycles. The quantitative estimate of drug-likeness (QED) is 0.654. The van der Waals surface area contributed by atoms with Crippen molar-refractivity contribution in [2.24, 2.45) is 0 Å². The van der Waals surface area contributed by atoms with Crippen LogP contribution in [0.3, 0.4) is 0 Å². The number of aromatic nitrogens is 1. The summed E-state index contributed by atoms with van der Waals surface area (Å²) < 4.78 is 10.6. The Balaban J connectivity index is 2.53. The Morgan fingerprint density at radius 1 is 1.19 bits per heavy atom. The molecule has 1 amide bonds. The number of ether oxygens (including phenoxy) is 2. The molecule has 0 saturated carbocycles. The van der Waals surface area contributed by atoms with Crippen molar-refractivity contribution in [1.82, 2.24) is 9.88 Å². The highest BCUT2D eigenvalue weighted by Crippen LogP contribution is 2.04. The number of anilines is 1. The lowest BCUT2D eigenvalue weighted by Crippen LogP contribution is -2.37. The number of amides is 1. The maximum Gasteiger partial charge on any atom is 0.228 e. The van der Waals surface area contributed by atoms with Crippen molar-refractivity contribution < 1.29 is 14.3 Å². The van der Waals surface area contributed by atoms with Gasteiger partial charge in [0.05, 0.1) is 31.5 Å². The Kier molecular flexibility index (Phi) is 8.38. The summed E-state index contributed by atoms with van der Waals surface area (Å²) in [6.45, 7) is 7.35. The highest BCUT2D eigenvalue weighted by molar-refractivity contribution is 5.78. The van der Waals surface area contributed by atoms with Gasteiger partial charge in [0, 0.05) is 32.0 Å². The molecule has 1 heterocycles. The first-order valence-corrected chi connectivity index (χ1v) is 7.31. The first-order valence-electron chi connectivity index (χ1n) is 7.31. The summed E-state index contributed by atoms with van der Waals surface area (Å²) in [5.74, 6) is 0.0201. The van der Waals surface area contributed by atoms with E-state index >= 15 is 0 Å². The molecule has 6 heteroatoms. The van der Waals surface area contributed by atoms with E-state index in [0.717, 1.165) is 0 Å². The molecule has 118 valence electrons. The minimum atomic E-state index is 0.0201. The van der Waals surface area contributed by atoms with Gasteiger partial charge in [0.1, 0.15) is 0 Å². The van der Waals surface area contributed by atoms with Crippen LogP contribution in [0.25, 0.3) is 0 Å². The number of carbonyl (C=O) groups excluding carboxylic acids is 1. The monoisotopic (exact) mass is 295 g/mol. The molecule has 0 saturated heterocycles. The Bertz CT molecular complexity index is 399. The minimum Gasteiger partial charge on any atom is -0.397 e. The molecule has 1 aromatic heterocycles. The number of hydrogen-bond acceptors (Lipinski definition) is 5. The van der Waals surface area contributed by atoms with Crippen LogP contribution in [0.4, 0.5) is 5.69 Å². The lowest BCUT2D eigenvalue weighted by Gasteiger charge is -2.22. The maximum atomic E-state index is 12.3. The Morgan fingerprint density at radius 2 is 1.81 bits per heavy atom. The van der Waals surface area contributed by atoms with Crippen molar-refractivity contribution >= 4 is 11.6 Å². The standard InChI is InChI=1S/C15H25N3O3/c1-3-20-9-7-18(8-10-21-4-2)15(19)11-14-6-5-13(16)12-17-14/h5-6,12H,3-4,7-11,16H2,1-2H3. The van der Waals surface area contributed by atoms with E-state index in [1.54, 1.807) is 23.2 Å². The van der Waals surface area contributed by atoms with Crippen molar-refractivity contribution in [1.29, 1.82) is 0 Å². The number of pyridine rings is 1. The van der Waals surface area contributed by atoms with Gasteiger partial charge in [-0.25, -0.2) is 0 Å². The maximum absolute atomic E-state index is 12.3. The minimum absolute atomic E-state index is 0.0201. The lowest BCUT2D eigenvalue weighted by molar-refractivity contribution is -0.132. The summed E-state index contributed by atoms with van der Waals surface area (Å²) in [5.41, 5.74) is 6.90. The molecule has 0 aliphatic heterocycles. The van der Waals surface area contributed by atoms with Gasteiger partial charge in [-0.1, -0.05) is 0 Å². The van der Waals surface area contributed by atoms with Crippen molar-refractivity contribution in [3.05, 3.63) is 24.0 Å². The molecule has 0 aromatic carbocycles. The molecule has 21 heavy (non-hydrogen) atoms. The van der Waals surface area contributed by atoms with Crippen LogP contribution in [-0.4, -0.2) is 55.3 Å². The third-order valence-corrected chi connectivity index (χ3v) is 2.95. The molecule has 0 unspecified atom stereocenters. The van der Waals surface area contributed by atoms with Crippen LogP contribution >= 0.6 is 0 Å². The van der Waals surface area contributed by atoms with E-state index in [1.807, 2.05) is 13.8 Å². The van der Waals surface area contributed by atoms with E-state index in [9.17, 15) is 4.79 Å². The summed E-state index contributed by atoms with van der Waals surface area (Å²) in [6.07, 6.45) is 1.83. The Morgan fingerprint density at radius 3 is 2.29 bits per heavy atom. The predicted octanol–water partition coefficient (Wildman–Crippen LogP) is 1.11. The second-order valence-corrected chi connectivity index (χ2v) is 4.53. The number of nitrogens with two attached hydrogens (primary N) is 1. The number of nitrogen functional groups attached to an aromatic ring is 1. The van der Waals surface area contributed by atoms with Gasteiger partial charge in [-0.3, -0.25) is 9.78 Å². The zero-order valence-corrected chi connectivity index (χ0v) is 12.9. The highest BCUT2D eigenvalue weighted by atomic mass is 16.5. The molecule has 0 radical (unpaired) electrons. The number of hydrogen-bond donors (Lipinski definition) is 1. The fourth-order valence-electron chi connectivity index (χ4n) is 1.81. The van der Waals surface area contributed by atoms with E-state index in [2.05, 4.69) is 4.98 Å². The second kappa shape index (κ2) is 10.1. The van der Waals surface area contributed by atoms with E-state index in [-0.39, 0.29) is 12.3 Å². The van der Waals surface area contributed by atoms with Gasteiger partial charge in [0.25, 0.3) is 0 Å². The summed E-state index contributed by atoms with van der Waals surface area (Å²) in [5, 5.41) is 0. The zero-order valence-electron chi connectivity index (χ0n) is 12.9. The number of carbonyl (C=O) groups is 1. The molecule has 2 N–H and O–H groups in total. The summed E-state index contributed by atoms with van der Waals surface area (Å²) >= 11 is 0. The smallest absolute Gasteiger partial charge is 0.228 e. The van der Waals surface area contributed by atoms with E-state index in [4.69, 9.17) is 15.2 Å². The van der Waals surface area contributed by atoms with Crippen LogP contribution in [0, 0.1) is 0 Å². The summed E-state index contributed by atoms with van der Waals surface area (Å²) in [6, 6.07) is 3.52. The van der Waals surface area contributed by atoms with Gasteiger partial charge in [-0.2, -0.15) is 0 Å². The molecule has 0 atom stereocenters. The molecule has 1 aromatic rings. The van der Waals surface area contributed by atoms with E-state index in [0.29, 0.717) is 50.9 Å². The first-order chi connectivity index (χ1) is 10.2. The predicted molar refractivity (Wildman–Crippen MR) is 81.9 cm³/mol. The molecular formula is C15H25N3O3. The van der Waals surface area contributed by atoms with Gasteiger partial charge in [0.2, 0.25) is 5.91 Å². The normalized spacial score (nSPS) is 10.6. The summed E-state index contributed by atoms with van der Waals surface area (Å²) in [7, 11) is 0. The molecule has 0 fully saturated rings. The van der Waals surface area contributed by atoms with Crippen molar-refractivity contribution in [3.8, 4) is 0 Å². The van der Waals surface area contributed by atoms with Crippen molar-refractivity contribution in [2.75, 3.05) is 45.3 Å². The van der Waals surface area contributed by atoms with Gasteiger partial charge >= 0.3 is 0 Å². The van der Waals surface area contributed by atoms with E-state index in [1.165, 1.54) is 0 Å². The molecular weight excluding hydrogens is 270 g/mol. The second-order valence-electron chi connectivity index (χ2n) is 4.53. The van der Waals surface area contributed by atoms with Gasteiger partial charge < -0.3 is 20.1 Å². The van der Waals surface area contributed by atoms with Crippen LogP contribution in [0.2, 0.25) is 0 Å². The largest absolute Gasteiger partial charge is 0.397 e. The van der Waals surface area contributed by atoms with E-state index < -0.39 is 0 Å². The van der Waals surface area contributed by atoms with Crippen LogP contribution < -0.4 is 5.73 Å². The fourth-order valence-corrected chi connectivity index (χ4v) is 1.81. The molecule has 0 spiro atoms. The third kappa shape index (κ3) is 7.06. The topological polar surface area (TPSA) is 77.7 Å². The van der Waals surface area contributed by atoms with Gasteiger partial charge in [-0.15, -0.1) is 0 Å². The van der Waals surface area contributed by atoms with Gasteiger partial charge in [0.15, 0.2) is 0 Å². The molecule has 6 nitrogen and oxygen atoms in total. The van der Waals surface area contributed by atoms with Gasteiger partial charge in [-0.05, 0) is 26.0 Å². The fraction of sp³-hybridized carbons (Fsp3) is 0.600. The molecule has 0 aliphatic rings. The number of rotatable bonds is 10. The average molecular weight is 295 g/mol. The van der Waals surface area contributed by atoms with Crippen molar-refractivity contribution in [3.63, 3.8) is 0 Å². The lowest BCUT2D eigenvalue weighted by atomic mass is 10.2. The SMILES string of the molecule is CCOCCN(CCOCC)C(=O)Cc1ccc(N)cn1. The van der Waals surface area contributed by atoms with Crippen LogP contribution in [0.1, 0.15) is 19.5 Å². The number of nitrogens with zero attached hydrogens (tertiary/aromatic N) is 2. The zero-order chi connectivity index (χ0) is 15.5. The summed E-state index contributed by atoms with van der Waals surface area (Å²) in [4.78, 5) is 18.2. The van der Waals surface area contributed by atoms with Crippen LogP contribution in [-0.2, 0) is 20.7 Å². The Hall–Kier alpha value is -1.66. The average Bonchev–Trinajstić information content (AvgIpc) is 2.48. The van der Waals surface area contributed by atoms with Crippen LogP contribution in [0.5, 0.6) is 0 Å². The Labute approximate surface area is 126 Å². The molecule has 0 bridgehead atoms.